The summed E-state index contributed by atoms with van der Waals surface area (Å²) < 4.78 is 68.1. The van der Waals surface area contributed by atoms with Crippen LogP contribution in [0.25, 0.3) is 11.0 Å². The molecule has 0 saturated carbocycles. The third-order valence-corrected chi connectivity index (χ3v) is 5.82. The standard InChI is InChI=1S/C17H17F3N6O3S/c1-3-26-13-6-14(17(18,19)20)23-8-12(13)24-16(26)9(2)25-30(28,29)10-4-5-11(15(21)27)22-7-10/h4-9,25H,3H2,1-2H3,(H2,21,27)/t9-/m1/s1. The van der Waals surface area contributed by atoms with Crippen LogP contribution in [0.1, 0.15) is 41.9 Å². The number of pyridine rings is 2. The minimum absolute atomic E-state index is 0.0947. The summed E-state index contributed by atoms with van der Waals surface area (Å²) in [6.07, 6.45) is -2.63. The van der Waals surface area contributed by atoms with Crippen LogP contribution in [-0.4, -0.2) is 33.8 Å². The van der Waals surface area contributed by atoms with Gasteiger partial charge in [-0.1, -0.05) is 0 Å². The number of nitrogens with zero attached hydrogens (tertiary/aromatic N) is 4. The lowest BCUT2D eigenvalue weighted by Crippen LogP contribution is -2.29. The first-order valence-corrected chi connectivity index (χ1v) is 10.1. The Kier molecular flexibility index (Phi) is 5.52. The van der Waals surface area contributed by atoms with Gasteiger partial charge in [-0.05, 0) is 32.0 Å². The molecule has 0 bridgehead atoms. The lowest BCUT2D eigenvalue weighted by atomic mass is 10.3. The van der Waals surface area contributed by atoms with Gasteiger partial charge in [0.15, 0.2) is 0 Å². The largest absolute Gasteiger partial charge is 0.433 e. The fourth-order valence-electron chi connectivity index (χ4n) is 2.90. The van der Waals surface area contributed by atoms with Gasteiger partial charge < -0.3 is 10.3 Å². The highest BCUT2D eigenvalue weighted by atomic mass is 32.2. The molecule has 0 aromatic carbocycles. The molecule has 0 radical (unpaired) electrons. The summed E-state index contributed by atoms with van der Waals surface area (Å²) in [5.41, 5.74) is 4.32. The number of hydrogen-bond donors (Lipinski definition) is 2. The molecule has 3 rings (SSSR count). The highest BCUT2D eigenvalue weighted by Gasteiger charge is 2.33. The van der Waals surface area contributed by atoms with Gasteiger partial charge in [0, 0.05) is 12.7 Å². The summed E-state index contributed by atoms with van der Waals surface area (Å²) in [5, 5.41) is 0. The first kappa shape index (κ1) is 21.6. The minimum Gasteiger partial charge on any atom is -0.364 e. The fraction of sp³-hybridized carbons (Fsp3) is 0.294. The molecule has 160 valence electrons. The summed E-state index contributed by atoms with van der Waals surface area (Å²) in [6.45, 7) is 3.47. The van der Waals surface area contributed by atoms with E-state index >= 15 is 0 Å². The Balaban J connectivity index is 1.96. The lowest BCUT2D eigenvalue weighted by Gasteiger charge is -2.15. The second-order valence-electron chi connectivity index (χ2n) is 6.36. The number of carbonyl (C=O) groups is 1. The van der Waals surface area contributed by atoms with Crippen LogP contribution in [0.15, 0.2) is 35.5 Å². The van der Waals surface area contributed by atoms with Crippen molar-refractivity contribution in [1.82, 2.24) is 24.2 Å². The van der Waals surface area contributed by atoms with E-state index in [9.17, 15) is 26.4 Å². The number of rotatable bonds is 6. The number of aromatic nitrogens is 4. The van der Waals surface area contributed by atoms with Crippen LogP contribution in [0.2, 0.25) is 0 Å². The van der Waals surface area contributed by atoms with Crippen molar-refractivity contribution in [3.63, 3.8) is 0 Å². The average molecular weight is 442 g/mol. The van der Waals surface area contributed by atoms with Gasteiger partial charge in [0.25, 0.3) is 5.91 Å². The van der Waals surface area contributed by atoms with E-state index in [4.69, 9.17) is 5.73 Å². The molecule has 0 aliphatic rings. The number of carbonyl (C=O) groups excluding carboxylic acids is 1. The molecule has 0 fully saturated rings. The maximum Gasteiger partial charge on any atom is 0.433 e. The van der Waals surface area contributed by atoms with Crippen LogP contribution in [0.3, 0.4) is 0 Å². The van der Waals surface area contributed by atoms with Gasteiger partial charge in [-0.25, -0.2) is 28.1 Å². The fourth-order valence-corrected chi connectivity index (χ4v) is 4.05. The van der Waals surface area contributed by atoms with E-state index in [1.165, 1.54) is 23.6 Å². The van der Waals surface area contributed by atoms with E-state index < -0.39 is 33.8 Å². The van der Waals surface area contributed by atoms with E-state index in [1.807, 2.05) is 0 Å². The summed E-state index contributed by atoms with van der Waals surface area (Å²) >= 11 is 0. The number of nitrogens with two attached hydrogens (primary N) is 1. The number of halogens is 3. The molecule has 1 amide bonds. The van der Waals surface area contributed by atoms with Crippen LogP contribution >= 0.6 is 0 Å². The molecule has 13 heteroatoms. The number of amides is 1. The number of imidazole rings is 1. The number of primary amides is 1. The zero-order valence-corrected chi connectivity index (χ0v) is 16.6. The predicted octanol–water partition coefficient (Wildman–Crippen LogP) is 2.00. The molecule has 3 heterocycles. The molecular formula is C17H17F3N6O3S. The number of sulfonamides is 1. The van der Waals surface area contributed by atoms with E-state index in [1.54, 1.807) is 6.92 Å². The van der Waals surface area contributed by atoms with Crippen LogP contribution < -0.4 is 10.5 Å². The third-order valence-electron chi connectivity index (χ3n) is 4.29. The molecule has 3 aromatic heterocycles. The topological polar surface area (TPSA) is 133 Å². The van der Waals surface area contributed by atoms with Gasteiger partial charge in [0.05, 0.1) is 17.8 Å². The van der Waals surface area contributed by atoms with Gasteiger partial charge in [0.2, 0.25) is 10.0 Å². The monoisotopic (exact) mass is 442 g/mol. The molecule has 3 aromatic rings. The Bertz CT molecular complexity index is 1210. The Hall–Kier alpha value is -3.06. The van der Waals surface area contributed by atoms with Crippen molar-refractivity contribution >= 4 is 27.0 Å². The molecule has 0 unspecified atom stereocenters. The molecule has 1 atom stereocenters. The lowest BCUT2D eigenvalue weighted by molar-refractivity contribution is -0.141. The van der Waals surface area contributed by atoms with Gasteiger partial charge in [-0.2, -0.15) is 13.2 Å². The summed E-state index contributed by atoms with van der Waals surface area (Å²) in [6, 6.07) is 2.34. The smallest absolute Gasteiger partial charge is 0.364 e. The average Bonchev–Trinajstić information content (AvgIpc) is 3.05. The molecule has 0 spiro atoms. The molecule has 0 aliphatic carbocycles. The van der Waals surface area contributed by atoms with Crippen molar-refractivity contribution in [1.29, 1.82) is 0 Å². The summed E-state index contributed by atoms with van der Waals surface area (Å²) in [5.74, 6) is -0.581. The van der Waals surface area contributed by atoms with Crippen LogP contribution in [0.5, 0.6) is 0 Å². The number of hydrogen-bond acceptors (Lipinski definition) is 6. The second kappa shape index (κ2) is 7.65. The van der Waals surface area contributed by atoms with Crippen LogP contribution in [0, 0.1) is 0 Å². The molecule has 3 N–H and O–H groups in total. The van der Waals surface area contributed by atoms with Crippen molar-refractivity contribution in [2.75, 3.05) is 0 Å². The molecule has 0 aliphatic heterocycles. The summed E-state index contributed by atoms with van der Waals surface area (Å²) in [4.78, 5) is 22.2. The van der Waals surface area contributed by atoms with Crippen molar-refractivity contribution in [3.8, 4) is 0 Å². The highest BCUT2D eigenvalue weighted by molar-refractivity contribution is 7.89. The van der Waals surface area contributed by atoms with Crippen LogP contribution in [-0.2, 0) is 22.7 Å². The molecule has 9 nitrogen and oxygen atoms in total. The number of nitrogens with one attached hydrogen (secondary N) is 1. The van der Waals surface area contributed by atoms with E-state index in [0.29, 0.717) is 0 Å². The van der Waals surface area contributed by atoms with Gasteiger partial charge in [-0.3, -0.25) is 4.79 Å². The Morgan fingerprint density at radius 1 is 1.27 bits per heavy atom. The second-order valence-corrected chi connectivity index (χ2v) is 8.07. The SMILES string of the molecule is CCn1c([C@@H](C)NS(=O)(=O)c2ccc(C(N)=O)nc2)nc2cnc(C(F)(F)F)cc21. The number of alkyl halides is 3. The normalized spacial score (nSPS) is 13.5. The quantitative estimate of drug-likeness (QED) is 0.600. The number of aryl methyl sites for hydroxylation is 1. The number of fused-ring (bicyclic) bond motifs is 1. The van der Waals surface area contributed by atoms with E-state index in [-0.39, 0.29) is 34.0 Å². The zero-order valence-electron chi connectivity index (χ0n) is 15.8. The maximum atomic E-state index is 13.0. The Labute approximate surface area is 169 Å². The van der Waals surface area contributed by atoms with Gasteiger partial charge in [0.1, 0.15) is 27.6 Å². The van der Waals surface area contributed by atoms with Crippen molar-refractivity contribution in [3.05, 3.63) is 47.8 Å². The highest BCUT2D eigenvalue weighted by Crippen LogP contribution is 2.30. The summed E-state index contributed by atoms with van der Waals surface area (Å²) in [7, 11) is -4.06. The van der Waals surface area contributed by atoms with Crippen molar-refractivity contribution < 1.29 is 26.4 Å². The first-order valence-electron chi connectivity index (χ1n) is 8.65. The zero-order chi connectivity index (χ0) is 22.3. The Morgan fingerprint density at radius 2 is 1.97 bits per heavy atom. The maximum absolute atomic E-state index is 13.0. The predicted molar refractivity (Wildman–Crippen MR) is 99.7 cm³/mol. The van der Waals surface area contributed by atoms with E-state index in [0.717, 1.165) is 18.5 Å². The molecule has 30 heavy (non-hydrogen) atoms. The van der Waals surface area contributed by atoms with Crippen LogP contribution in [0.4, 0.5) is 13.2 Å². The Morgan fingerprint density at radius 3 is 2.50 bits per heavy atom. The van der Waals surface area contributed by atoms with E-state index in [2.05, 4.69) is 19.7 Å². The van der Waals surface area contributed by atoms with Crippen molar-refractivity contribution in [2.24, 2.45) is 5.73 Å². The van der Waals surface area contributed by atoms with Gasteiger partial charge in [-0.15, -0.1) is 0 Å². The molecule has 0 saturated heterocycles. The minimum atomic E-state index is -4.62. The van der Waals surface area contributed by atoms with Gasteiger partial charge >= 0.3 is 6.18 Å². The van der Waals surface area contributed by atoms with Crippen molar-refractivity contribution in [2.45, 2.75) is 37.5 Å². The molecular weight excluding hydrogens is 425 g/mol. The third kappa shape index (κ3) is 4.11. The first-order chi connectivity index (χ1) is 13.9.